The zero-order valence-corrected chi connectivity index (χ0v) is 11.0. The quantitative estimate of drug-likeness (QED) is 0.811. The summed E-state index contributed by atoms with van der Waals surface area (Å²) in [5.74, 6) is 3.59. The minimum Gasteiger partial charge on any atom is -0.316 e. The van der Waals surface area contributed by atoms with Gasteiger partial charge in [-0.2, -0.15) is 11.8 Å². The molecule has 16 heavy (non-hydrogen) atoms. The van der Waals surface area contributed by atoms with E-state index in [9.17, 15) is 0 Å². The first-order valence-corrected chi connectivity index (χ1v) is 7.41. The molecule has 0 radical (unpaired) electrons. The van der Waals surface area contributed by atoms with E-state index in [-0.39, 0.29) is 0 Å². The zero-order chi connectivity index (χ0) is 11.2. The summed E-state index contributed by atoms with van der Waals surface area (Å²) in [6, 6.07) is 8.14. The van der Waals surface area contributed by atoms with Crippen molar-refractivity contribution in [1.82, 2.24) is 5.32 Å². The Bertz CT molecular complexity index is 306. The molecule has 1 aliphatic heterocycles. The lowest BCUT2D eigenvalue weighted by Gasteiger charge is -2.09. The van der Waals surface area contributed by atoms with Crippen molar-refractivity contribution < 1.29 is 0 Å². The second-order valence-electron chi connectivity index (χ2n) is 4.31. The zero-order valence-electron chi connectivity index (χ0n) is 9.42. The molecule has 0 bridgehead atoms. The van der Waals surface area contributed by atoms with Gasteiger partial charge in [-0.05, 0) is 61.1 Å². The Labute approximate surface area is 107 Å². The molecule has 2 rings (SSSR count). The topological polar surface area (TPSA) is 12.0 Å². The van der Waals surface area contributed by atoms with Crippen LogP contribution >= 0.6 is 23.4 Å². The summed E-state index contributed by atoms with van der Waals surface area (Å²) in [6.45, 7) is 2.25. The molecule has 0 saturated carbocycles. The van der Waals surface area contributed by atoms with E-state index in [0.717, 1.165) is 23.9 Å². The first-order chi connectivity index (χ1) is 7.84. The Morgan fingerprint density at radius 2 is 2.12 bits per heavy atom. The summed E-state index contributed by atoms with van der Waals surface area (Å²) in [5.41, 5.74) is 1.36. The summed E-state index contributed by atoms with van der Waals surface area (Å²) < 4.78 is 0. The summed E-state index contributed by atoms with van der Waals surface area (Å²) in [7, 11) is 0. The van der Waals surface area contributed by atoms with E-state index >= 15 is 0 Å². The van der Waals surface area contributed by atoms with Gasteiger partial charge in [0.15, 0.2) is 0 Å². The van der Waals surface area contributed by atoms with Crippen molar-refractivity contribution in [2.45, 2.75) is 12.8 Å². The number of halogens is 1. The lowest BCUT2D eigenvalue weighted by atomic mass is 10.1. The van der Waals surface area contributed by atoms with Crippen molar-refractivity contribution in [3.05, 3.63) is 34.9 Å². The van der Waals surface area contributed by atoms with Crippen LogP contribution in [0.5, 0.6) is 0 Å². The summed E-state index contributed by atoms with van der Waals surface area (Å²) in [5, 5.41) is 4.36. The van der Waals surface area contributed by atoms with Crippen LogP contribution in [0.1, 0.15) is 12.0 Å². The highest BCUT2D eigenvalue weighted by atomic mass is 35.5. The molecule has 1 unspecified atom stereocenters. The molecule has 1 aliphatic rings. The maximum atomic E-state index is 5.84. The van der Waals surface area contributed by atoms with Gasteiger partial charge < -0.3 is 5.32 Å². The molecule has 0 aromatic heterocycles. The van der Waals surface area contributed by atoms with Crippen LogP contribution in [0.2, 0.25) is 5.02 Å². The van der Waals surface area contributed by atoms with Gasteiger partial charge in [0, 0.05) is 5.02 Å². The van der Waals surface area contributed by atoms with Crippen LogP contribution in [0.4, 0.5) is 0 Å². The van der Waals surface area contributed by atoms with E-state index < -0.39 is 0 Å². The standard InChI is InChI=1S/C13H18ClNS/c14-13-3-1-11(2-4-13)5-7-15-9-12-6-8-16-10-12/h1-4,12,15H,5-10H2. The van der Waals surface area contributed by atoms with Crippen molar-refractivity contribution in [3.8, 4) is 0 Å². The van der Waals surface area contributed by atoms with Gasteiger partial charge in [-0.25, -0.2) is 0 Å². The Kier molecular flexibility index (Phi) is 5.01. The maximum Gasteiger partial charge on any atom is 0.0406 e. The Hall–Kier alpha value is -0.180. The Morgan fingerprint density at radius 3 is 2.81 bits per heavy atom. The normalized spacial score (nSPS) is 20.2. The number of benzene rings is 1. The molecule has 0 amide bonds. The number of rotatable bonds is 5. The summed E-state index contributed by atoms with van der Waals surface area (Å²) >= 11 is 7.92. The van der Waals surface area contributed by atoms with Gasteiger partial charge in [0.05, 0.1) is 0 Å². The van der Waals surface area contributed by atoms with Gasteiger partial charge in [-0.1, -0.05) is 23.7 Å². The fourth-order valence-corrected chi connectivity index (χ4v) is 3.34. The monoisotopic (exact) mass is 255 g/mol. The highest BCUT2D eigenvalue weighted by molar-refractivity contribution is 7.99. The van der Waals surface area contributed by atoms with Crippen molar-refractivity contribution in [1.29, 1.82) is 0 Å². The molecular weight excluding hydrogens is 238 g/mol. The molecule has 1 aromatic rings. The van der Waals surface area contributed by atoms with E-state index in [0.29, 0.717) is 0 Å². The fourth-order valence-electron chi connectivity index (χ4n) is 1.93. The minimum absolute atomic E-state index is 0.819. The van der Waals surface area contributed by atoms with Crippen LogP contribution in [0.3, 0.4) is 0 Å². The molecule has 1 nitrogen and oxygen atoms in total. The predicted molar refractivity (Wildman–Crippen MR) is 73.5 cm³/mol. The average Bonchev–Trinajstić information content (AvgIpc) is 2.80. The lowest BCUT2D eigenvalue weighted by Crippen LogP contribution is -2.24. The van der Waals surface area contributed by atoms with Crippen LogP contribution in [0.25, 0.3) is 0 Å². The highest BCUT2D eigenvalue weighted by Crippen LogP contribution is 2.22. The third kappa shape index (κ3) is 4.00. The van der Waals surface area contributed by atoms with Crippen LogP contribution in [0, 0.1) is 5.92 Å². The van der Waals surface area contributed by atoms with E-state index in [2.05, 4.69) is 29.2 Å². The van der Waals surface area contributed by atoms with Crippen molar-refractivity contribution in [2.24, 2.45) is 5.92 Å². The van der Waals surface area contributed by atoms with Gasteiger partial charge in [-0.15, -0.1) is 0 Å². The molecule has 1 saturated heterocycles. The van der Waals surface area contributed by atoms with Gasteiger partial charge in [0.1, 0.15) is 0 Å². The second kappa shape index (κ2) is 6.53. The molecule has 0 aliphatic carbocycles. The Morgan fingerprint density at radius 1 is 1.31 bits per heavy atom. The molecule has 1 N–H and O–H groups in total. The van der Waals surface area contributed by atoms with E-state index in [1.807, 2.05) is 12.1 Å². The van der Waals surface area contributed by atoms with E-state index in [4.69, 9.17) is 11.6 Å². The smallest absolute Gasteiger partial charge is 0.0406 e. The number of thioether (sulfide) groups is 1. The molecule has 1 heterocycles. The third-order valence-corrected chi connectivity index (χ3v) is 4.44. The van der Waals surface area contributed by atoms with Gasteiger partial charge >= 0.3 is 0 Å². The molecule has 1 aromatic carbocycles. The van der Waals surface area contributed by atoms with E-state index in [1.54, 1.807) is 0 Å². The summed E-state index contributed by atoms with van der Waals surface area (Å²) in [4.78, 5) is 0. The van der Waals surface area contributed by atoms with E-state index in [1.165, 1.54) is 30.0 Å². The third-order valence-electron chi connectivity index (χ3n) is 2.96. The van der Waals surface area contributed by atoms with Crippen LogP contribution < -0.4 is 5.32 Å². The second-order valence-corrected chi connectivity index (χ2v) is 5.90. The first kappa shape index (κ1) is 12.3. The molecule has 0 spiro atoms. The summed E-state index contributed by atoms with van der Waals surface area (Å²) in [6.07, 6.45) is 2.48. The fraction of sp³-hybridized carbons (Fsp3) is 0.538. The first-order valence-electron chi connectivity index (χ1n) is 5.87. The molecule has 3 heteroatoms. The highest BCUT2D eigenvalue weighted by Gasteiger charge is 2.14. The van der Waals surface area contributed by atoms with Crippen molar-refractivity contribution >= 4 is 23.4 Å². The average molecular weight is 256 g/mol. The largest absolute Gasteiger partial charge is 0.316 e. The molecule has 88 valence electrons. The van der Waals surface area contributed by atoms with Crippen molar-refractivity contribution in [2.75, 3.05) is 24.6 Å². The van der Waals surface area contributed by atoms with Gasteiger partial charge in [-0.3, -0.25) is 0 Å². The molecular formula is C13H18ClNS. The lowest BCUT2D eigenvalue weighted by molar-refractivity contribution is 0.525. The van der Waals surface area contributed by atoms with Crippen LogP contribution in [-0.2, 0) is 6.42 Å². The SMILES string of the molecule is Clc1ccc(CCNCC2CCSC2)cc1. The molecule has 1 atom stereocenters. The molecule has 1 fully saturated rings. The van der Waals surface area contributed by atoms with Crippen molar-refractivity contribution in [3.63, 3.8) is 0 Å². The van der Waals surface area contributed by atoms with Crippen LogP contribution in [-0.4, -0.2) is 24.6 Å². The maximum absolute atomic E-state index is 5.84. The Balaban J connectivity index is 1.62. The minimum atomic E-state index is 0.819. The predicted octanol–water partition coefficient (Wildman–Crippen LogP) is 3.23. The van der Waals surface area contributed by atoms with Gasteiger partial charge in [0.2, 0.25) is 0 Å². The van der Waals surface area contributed by atoms with Crippen LogP contribution in [0.15, 0.2) is 24.3 Å². The number of hydrogen-bond acceptors (Lipinski definition) is 2. The number of hydrogen-bond donors (Lipinski definition) is 1. The number of nitrogens with one attached hydrogen (secondary N) is 1. The van der Waals surface area contributed by atoms with Gasteiger partial charge in [0.25, 0.3) is 0 Å².